The van der Waals surface area contributed by atoms with Crippen LogP contribution in [0.1, 0.15) is 52.7 Å². The molecule has 0 atom stereocenters. The Labute approximate surface area is 218 Å². The average molecular weight is 486 g/mol. The third-order valence-corrected chi connectivity index (χ3v) is 8.95. The first-order valence-electron chi connectivity index (χ1n) is 13.1. The van der Waals surface area contributed by atoms with E-state index < -0.39 is 0 Å². The zero-order chi connectivity index (χ0) is 25.7. The highest BCUT2D eigenvalue weighted by Crippen LogP contribution is 2.53. The molecule has 0 amide bonds. The Bertz CT molecular complexity index is 1690. The molecule has 4 heteroatoms. The summed E-state index contributed by atoms with van der Waals surface area (Å²) in [6.07, 6.45) is 0. The Morgan fingerprint density at radius 1 is 0.622 bits per heavy atom. The van der Waals surface area contributed by atoms with E-state index in [9.17, 15) is 0 Å². The van der Waals surface area contributed by atoms with Gasteiger partial charge in [0.2, 0.25) is 0 Å². The molecular weight excluding hydrogens is 455 g/mol. The van der Waals surface area contributed by atoms with Crippen LogP contribution in [0, 0.1) is 0 Å². The smallest absolute Gasteiger partial charge is 0.455 e. The van der Waals surface area contributed by atoms with Crippen molar-refractivity contribution in [3.8, 4) is 22.3 Å². The van der Waals surface area contributed by atoms with E-state index in [1.54, 1.807) is 0 Å². The fraction of sp³-hybridized carbons (Fsp3) is 0.273. The summed E-state index contributed by atoms with van der Waals surface area (Å²) in [6, 6.07) is 28.3. The summed E-state index contributed by atoms with van der Waals surface area (Å²) in [5, 5.41) is 2.34. The molecule has 1 aliphatic heterocycles. The molecule has 0 unspecified atom stereocenters. The molecule has 4 aromatic carbocycles. The highest BCUT2D eigenvalue weighted by atomic mass is 16.7. The van der Waals surface area contributed by atoms with Crippen LogP contribution in [-0.2, 0) is 14.7 Å². The van der Waals surface area contributed by atoms with Gasteiger partial charge in [0.05, 0.1) is 11.2 Å². The third kappa shape index (κ3) is 3.16. The average Bonchev–Trinajstić information content (AvgIpc) is 3.43. The van der Waals surface area contributed by atoms with E-state index in [1.807, 2.05) is 6.07 Å². The zero-order valence-electron chi connectivity index (χ0n) is 22.3. The van der Waals surface area contributed by atoms with Crippen molar-refractivity contribution in [2.75, 3.05) is 0 Å². The van der Waals surface area contributed by atoms with Crippen LogP contribution in [0.15, 0.2) is 83.3 Å². The summed E-state index contributed by atoms with van der Waals surface area (Å²) < 4.78 is 19.0. The summed E-state index contributed by atoms with van der Waals surface area (Å²) in [4.78, 5) is 0. The van der Waals surface area contributed by atoms with E-state index in [0.717, 1.165) is 16.6 Å². The first-order valence-corrected chi connectivity index (χ1v) is 13.1. The highest BCUT2D eigenvalue weighted by Gasteiger charge is 2.51. The van der Waals surface area contributed by atoms with Gasteiger partial charge in [-0.15, -0.1) is 0 Å². The Kier molecular flexibility index (Phi) is 4.55. The fourth-order valence-corrected chi connectivity index (χ4v) is 6.01. The van der Waals surface area contributed by atoms with Crippen LogP contribution in [0.25, 0.3) is 44.2 Å². The molecule has 1 saturated heterocycles. The molecule has 0 bridgehead atoms. The first-order chi connectivity index (χ1) is 17.6. The minimum atomic E-state index is -0.354. The maximum absolute atomic E-state index is 6.47. The van der Waals surface area contributed by atoms with Gasteiger partial charge in [0, 0.05) is 21.8 Å². The number of benzene rings is 4. The molecule has 1 aromatic heterocycles. The Hall–Kier alpha value is -3.34. The Balaban J connectivity index is 1.32. The van der Waals surface area contributed by atoms with Crippen LogP contribution in [-0.4, -0.2) is 18.3 Å². The predicted octanol–water partition coefficient (Wildman–Crippen LogP) is 7.86. The molecule has 0 spiro atoms. The normalized spacial score (nSPS) is 18.9. The molecule has 2 aliphatic rings. The third-order valence-electron chi connectivity index (χ3n) is 8.95. The van der Waals surface area contributed by atoms with Crippen molar-refractivity contribution in [3.05, 3.63) is 90.0 Å². The number of fused-ring (bicyclic) bond motifs is 7. The molecule has 3 nitrogen and oxygen atoms in total. The van der Waals surface area contributed by atoms with Crippen LogP contribution in [0.5, 0.6) is 0 Å². The standard InChI is InChI=1S/C33H31BO3/c1-31(2)26-17-13-21(20-11-14-22(15-12-20)34-36-32(3,4)33(5,6)37-34)19-25(26)29-27(31)18-16-24-23-9-7-8-10-28(23)35-30(24)29/h7-19H,1-6H3. The molecule has 0 saturated carbocycles. The van der Waals surface area contributed by atoms with E-state index >= 15 is 0 Å². The number of rotatable bonds is 2. The lowest BCUT2D eigenvalue weighted by Gasteiger charge is -2.32. The molecule has 0 N–H and O–H groups in total. The maximum Gasteiger partial charge on any atom is 0.494 e. The van der Waals surface area contributed by atoms with E-state index in [2.05, 4.69) is 114 Å². The Morgan fingerprint density at radius 2 is 1.27 bits per heavy atom. The van der Waals surface area contributed by atoms with Crippen LogP contribution in [0.2, 0.25) is 0 Å². The van der Waals surface area contributed by atoms with Gasteiger partial charge < -0.3 is 13.7 Å². The minimum absolute atomic E-state index is 0.0863. The quantitative estimate of drug-likeness (QED) is 0.238. The van der Waals surface area contributed by atoms with Crippen molar-refractivity contribution in [3.63, 3.8) is 0 Å². The SMILES string of the molecule is CC1(C)c2ccc(-c3ccc(B4OC(C)(C)C(C)(C)O4)cc3)cc2-c2c1ccc1c2oc2ccccc21. The topological polar surface area (TPSA) is 31.6 Å². The molecular formula is C33H31BO3. The van der Waals surface area contributed by atoms with Crippen molar-refractivity contribution in [1.29, 1.82) is 0 Å². The molecule has 184 valence electrons. The van der Waals surface area contributed by atoms with E-state index in [4.69, 9.17) is 13.7 Å². The summed E-state index contributed by atoms with van der Waals surface area (Å²) in [6.45, 7) is 13.0. The van der Waals surface area contributed by atoms with E-state index in [0.29, 0.717) is 0 Å². The van der Waals surface area contributed by atoms with Gasteiger partial charge in [0.1, 0.15) is 11.2 Å². The summed E-state index contributed by atoms with van der Waals surface area (Å²) >= 11 is 0. The van der Waals surface area contributed by atoms with Crippen molar-refractivity contribution >= 4 is 34.5 Å². The molecule has 0 radical (unpaired) electrons. The van der Waals surface area contributed by atoms with Crippen molar-refractivity contribution < 1.29 is 13.7 Å². The van der Waals surface area contributed by atoms with Crippen LogP contribution in [0.4, 0.5) is 0 Å². The number of furan rings is 1. The fourth-order valence-electron chi connectivity index (χ4n) is 6.01. The second-order valence-corrected chi connectivity index (χ2v) is 12.1. The van der Waals surface area contributed by atoms with Crippen LogP contribution >= 0.6 is 0 Å². The maximum atomic E-state index is 6.47. The van der Waals surface area contributed by atoms with Crippen LogP contribution < -0.4 is 5.46 Å². The molecule has 7 rings (SSSR count). The lowest BCUT2D eigenvalue weighted by molar-refractivity contribution is 0.00578. The lowest BCUT2D eigenvalue weighted by Crippen LogP contribution is -2.41. The van der Waals surface area contributed by atoms with Crippen molar-refractivity contribution in [2.24, 2.45) is 0 Å². The molecule has 2 heterocycles. The second kappa shape index (κ2) is 7.37. The van der Waals surface area contributed by atoms with Gasteiger partial charge >= 0.3 is 7.12 Å². The highest BCUT2D eigenvalue weighted by molar-refractivity contribution is 6.62. The van der Waals surface area contributed by atoms with Gasteiger partial charge in [-0.1, -0.05) is 80.6 Å². The summed E-state index contributed by atoms with van der Waals surface area (Å²) in [5.41, 5.74) is 9.69. The molecule has 1 fully saturated rings. The van der Waals surface area contributed by atoms with Gasteiger partial charge in [-0.25, -0.2) is 0 Å². The first kappa shape index (κ1) is 22.8. The number of para-hydroxylation sites is 1. The molecule has 37 heavy (non-hydrogen) atoms. The largest absolute Gasteiger partial charge is 0.494 e. The van der Waals surface area contributed by atoms with Gasteiger partial charge in [-0.2, -0.15) is 0 Å². The number of hydrogen-bond donors (Lipinski definition) is 0. The zero-order valence-corrected chi connectivity index (χ0v) is 22.3. The predicted molar refractivity (Wildman–Crippen MR) is 152 cm³/mol. The summed E-state index contributed by atoms with van der Waals surface area (Å²) in [7, 11) is -0.354. The van der Waals surface area contributed by atoms with E-state index in [1.165, 1.54) is 44.2 Å². The van der Waals surface area contributed by atoms with Gasteiger partial charge in [-0.3, -0.25) is 0 Å². The van der Waals surface area contributed by atoms with Crippen molar-refractivity contribution in [1.82, 2.24) is 0 Å². The number of hydrogen-bond acceptors (Lipinski definition) is 3. The monoisotopic (exact) mass is 486 g/mol. The minimum Gasteiger partial charge on any atom is -0.455 e. The molecule has 5 aromatic rings. The second-order valence-electron chi connectivity index (χ2n) is 12.1. The van der Waals surface area contributed by atoms with Crippen LogP contribution in [0.3, 0.4) is 0 Å². The molecule has 1 aliphatic carbocycles. The van der Waals surface area contributed by atoms with E-state index in [-0.39, 0.29) is 23.7 Å². The van der Waals surface area contributed by atoms with Gasteiger partial charge in [0.15, 0.2) is 0 Å². The van der Waals surface area contributed by atoms with Crippen molar-refractivity contribution in [2.45, 2.75) is 58.2 Å². The lowest BCUT2D eigenvalue weighted by atomic mass is 9.78. The Morgan fingerprint density at radius 3 is 2.00 bits per heavy atom. The summed E-state index contributed by atoms with van der Waals surface area (Å²) in [5.74, 6) is 0. The van der Waals surface area contributed by atoms with Gasteiger partial charge in [-0.05, 0) is 73.1 Å². The van der Waals surface area contributed by atoms with Gasteiger partial charge in [0.25, 0.3) is 0 Å².